The van der Waals surface area contributed by atoms with Crippen LogP contribution in [0.1, 0.15) is 62.9 Å². The van der Waals surface area contributed by atoms with Gasteiger partial charge in [-0.25, -0.2) is 9.67 Å². The Kier molecular flexibility index (Phi) is 5.14. The molecule has 0 aliphatic carbocycles. The molecule has 0 unspecified atom stereocenters. The molecule has 0 bridgehead atoms. The number of rotatable bonds is 6. The van der Waals surface area contributed by atoms with Crippen molar-refractivity contribution in [3.05, 3.63) is 18.0 Å². The van der Waals surface area contributed by atoms with Crippen molar-refractivity contribution < 1.29 is 9.53 Å². The molecule has 0 aromatic carbocycles. The van der Waals surface area contributed by atoms with Gasteiger partial charge in [-0.1, -0.05) is 6.92 Å². The molecule has 1 N–H and O–H groups in total. The van der Waals surface area contributed by atoms with Crippen LogP contribution >= 0.6 is 0 Å². The second-order valence-electron chi connectivity index (χ2n) is 6.67. The fourth-order valence-corrected chi connectivity index (χ4v) is 3.15. The third kappa shape index (κ3) is 3.29. The lowest BCUT2D eigenvalue weighted by Gasteiger charge is -2.25. The van der Waals surface area contributed by atoms with Crippen LogP contribution in [0, 0.1) is 0 Å². The maximum Gasteiger partial charge on any atom is 0.166 e. The zero-order chi connectivity index (χ0) is 17.1. The van der Waals surface area contributed by atoms with Crippen molar-refractivity contribution in [1.82, 2.24) is 14.8 Å². The summed E-state index contributed by atoms with van der Waals surface area (Å²) in [5.41, 5.74) is 2.39. The first kappa shape index (κ1) is 16.9. The van der Waals surface area contributed by atoms with Crippen LogP contribution in [0.5, 0.6) is 0 Å². The monoisotopic (exact) mass is 330 g/mol. The lowest BCUT2D eigenvalue weighted by molar-refractivity contribution is 0.0904. The number of nitrogens with zero attached hydrogens (tertiary/aromatic N) is 3. The quantitative estimate of drug-likeness (QED) is 0.820. The number of pyridine rings is 1. The maximum atomic E-state index is 12.6. The van der Waals surface area contributed by atoms with Crippen LogP contribution < -0.4 is 5.32 Å². The van der Waals surface area contributed by atoms with Crippen molar-refractivity contribution in [3.63, 3.8) is 0 Å². The zero-order valence-corrected chi connectivity index (χ0v) is 14.7. The van der Waals surface area contributed by atoms with Gasteiger partial charge >= 0.3 is 0 Å². The number of carbonyl (C=O) groups is 1. The van der Waals surface area contributed by atoms with E-state index in [1.54, 1.807) is 6.20 Å². The predicted octanol–water partition coefficient (Wildman–Crippen LogP) is 3.59. The van der Waals surface area contributed by atoms with Gasteiger partial charge in [-0.05, 0) is 33.1 Å². The van der Waals surface area contributed by atoms with Crippen LogP contribution in [0.15, 0.2) is 12.4 Å². The standard InChI is InChI=1S/C18H26N4O2/c1-4-5-16(23)14-10-19-18-15(11-20-22(18)12(2)3)17(14)21-13-6-8-24-9-7-13/h10-13H,4-9H2,1-3H3,(H,19,21). The van der Waals surface area contributed by atoms with E-state index in [1.165, 1.54) is 0 Å². The molecule has 24 heavy (non-hydrogen) atoms. The van der Waals surface area contributed by atoms with Gasteiger partial charge in [-0.15, -0.1) is 0 Å². The largest absolute Gasteiger partial charge is 0.381 e. The van der Waals surface area contributed by atoms with Gasteiger partial charge in [0.15, 0.2) is 11.4 Å². The summed E-state index contributed by atoms with van der Waals surface area (Å²) in [5.74, 6) is 0.138. The summed E-state index contributed by atoms with van der Waals surface area (Å²) < 4.78 is 7.34. The molecule has 0 saturated carbocycles. The number of carbonyl (C=O) groups excluding carboxylic acids is 1. The predicted molar refractivity (Wildman–Crippen MR) is 94.6 cm³/mol. The third-order valence-electron chi connectivity index (χ3n) is 4.46. The summed E-state index contributed by atoms with van der Waals surface area (Å²) in [5, 5.41) is 8.99. The molecule has 0 radical (unpaired) electrons. The topological polar surface area (TPSA) is 69.0 Å². The van der Waals surface area contributed by atoms with E-state index in [0.29, 0.717) is 18.0 Å². The van der Waals surface area contributed by atoms with Gasteiger partial charge < -0.3 is 10.1 Å². The van der Waals surface area contributed by atoms with E-state index in [9.17, 15) is 4.79 Å². The molecule has 1 aliphatic heterocycles. The van der Waals surface area contributed by atoms with Crippen LogP contribution in [0.4, 0.5) is 5.69 Å². The summed E-state index contributed by atoms with van der Waals surface area (Å²) >= 11 is 0. The number of nitrogens with one attached hydrogen (secondary N) is 1. The Labute approximate surface area is 142 Å². The molecule has 0 spiro atoms. The molecular formula is C18H26N4O2. The fraction of sp³-hybridized carbons (Fsp3) is 0.611. The summed E-state index contributed by atoms with van der Waals surface area (Å²) in [6, 6.07) is 0.544. The molecular weight excluding hydrogens is 304 g/mol. The van der Waals surface area contributed by atoms with Crippen molar-refractivity contribution in [1.29, 1.82) is 0 Å². The van der Waals surface area contributed by atoms with Gasteiger partial charge in [0.25, 0.3) is 0 Å². The van der Waals surface area contributed by atoms with Crippen LogP contribution in [0.25, 0.3) is 11.0 Å². The number of Topliss-reactive ketones (excluding diaryl/α,β-unsaturated/α-hetero) is 1. The molecule has 1 fully saturated rings. The Bertz CT molecular complexity index is 717. The Balaban J connectivity index is 2.05. The highest BCUT2D eigenvalue weighted by Gasteiger charge is 2.22. The van der Waals surface area contributed by atoms with E-state index >= 15 is 0 Å². The maximum absolute atomic E-state index is 12.6. The van der Waals surface area contributed by atoms with Gasteiger partial charge in [-0.3, -0.25) is 4.79 Å². The van der Waals surface area contributed by atoms with Gasteiger partial charge in [0, 0.05) is 37.9 Å². The highest BCUT2D eigenvalue weighted by Crippen LogP contribution is 2.30. The minimum atomic E-state index is 0.138. The molecule has 3 rings (SSSR count). The molecule has 130 valence electrons. The number of fused-ring (bicyclic) bond motifs is 1. The van der Waals surface area contributed by atoms with Crippen LogP contribution in [-0.4, -0.2) is 39.8 Å². The van der Waals surface area contributed by atoms with Gasteiger partial charge in [-0.2, -0.15) is 5.10 Å². The highest BCUT2D eigenvalue weighted by atomic mass is 16.5. The summed E-state index contributed by atoms with van der Waals surface area (Å²) in [6.07, 6.45) is 6.80. The Hall–Kier alpha value is -1.95. The minimum Gasteiger partial charge on any atom is -0.381 e. The van der Waals surface area contributed by atoms with Crippen LogP contribution in [0.2, 0.25) is 0 Å². The van der Waals surface area contributed by atoms with E-state index in [2.05, 4.69) is 29.2 Å². The summed E-state index contributed by atoms with van der Waals surface area (Å²) in [4.78, 5) is 17.1. The van der Waals surface area contributed by atoms with Crippen molar-refractivity contribution in [2.24, 2.45) is 0 Å². The van der Waals surface area contributed by atoms with Crippen molar-refractivity contribution in [3.8, 4) is 0 Å². The van der Waals surface area contributed by atoms with Crippen LogP contribution in [0.3, 0.4) is 0 Å². The molecule has 3 heterocycles. The fourth-order valence-electron chi connectivity index (χ4n) is 3.15. The molecule has 2 aromatic rings. The second-order valence-corrected chi connectivity index (χ2v) is 6.67. The lowest BCUT2D eigenvalue weighted by atomic mass is 10.0. The SMILES string of the molecule is CCCC(=O)c1cnc2c(cnn2C(C)C)c1NC1CCOCC1. The second kappa shape index (κ2) is 7.30. The molecule has 0 amide bonds. The molecule has 1 aliphatic rings. The normalized spacial score (nSPS) is 16.0. The third-order valence-corrected chi connectivity index (χ3v) is 4.46. The van der Waals surface area contributed by atoms with E-state index in [-0.39, 0.29) is 11.8 Å². The lowest BCUT2D eigenvalue weighted by Crippen LogP contribution is -2.28. The molecule has 6 nitrogen and oxygen atoms in total. The number of anilines is 1. The first-order valence-corrected chi connectivity index (χ1v) is 8.85. The van der Waals surface area contributed by atoms with Gasteiger partial charge in [0.1, 0.15) is 0 Å². The molecule has 6 heteroatoms. The molecule has 1 saturated heterocycles. The van der Waals surface area contributed by atoms with Gasteiger partial charge in [0.05, 0.1) is 22.8 Å². The Morgan fingerprint density at radius 2 is 2.12 bits per heavy atom. The van der Waals surface area contributed by atoms with Gasteiger partial charge in [0.2, 0.25) is 0 Å². The number of aromatic nitrogens is 3. The number of ketones is 1. The van der Waals surface area contributed by atoms with Crippen molar-refractivity contribution in [2.45, 2.75) is 58.5 Å². The van der Waals surface area contributed by atoms with Crippen LogP contribution in [-0.2, 0) is 4.74 Å². The van der Waals surface area contributed by atoms with E-state index in [0.717, 1.165) is 49.2 Å². The van der Waals surface area contributed by atoms with E-state index < -0.39 is 0 Å². The first-order valence-electron chi connectivity index (χ1n) is 8.85. The Morgan fingerprint density at radius 1 is 1.38 bits per heavy atom. The summed E-state index contributed by atoms with van der Waals surface area (Å²) in [7, 11) is 0. The molecule has 0 atom stereocenters. The summed E-state index contributed by atoms with van der Waals surface area (Å²) in [6.45, 7) is 7.70. The van der Waals surface area contributed by atoms with Crippen molar-refractivity contribution in [2.75, 3.05) is 18.5 Å². The van der Waals surface area contributed by atoms with Crippen molar-refractivity contribution >= 4 is 22.5 Å². The minimum absolute atomic E-state index is 0.138. The zero-order valence-electron chi connectivity index (χ0n) is 14.7. The number of hydrogen-bond donors (Lipinski definition) is 1. The van der Waals surface area contributed by atoms with E-state index in [4.69, 9.17) is 4.74 Å². The average Bonchev–Trinajstić information content (AvgIpc) is 3.01. The first-order chi connectivity index (χ1) is 11.6. The number of hydrogen-bond acceptors (Lipinski definition) is 5. The Morgan fingerprint density at radius 3 is 2.79 bits per heavy atom. The average molecular weight is 330 g/mol. The molecule has 2 aromatic heterocycles. The smallest absolute Gasteiger partial charge is 0.166 e. The highest BCUT2D eigenvalue weighted by molar-refractivity contribution is 6.07. The number of ether oxygens (including phenoxy) is 1. The van der Waals surface area contributed by atoms with E-state index in [1.807, 2.05) is 17.8 Å².